The summed E-state index contributed by atoms with van der Waals surface area (Å²) in [6.45, 7) is 0. The van der Waals surface area contributed by atoms with Gasteiger partial charge >= 0.3 is 0 Å². The lowest BCUT2D eigenvalue weighted by Crippen LogP contribution is -2.37. The highest BCUT2D eigenvalue weighted by molar-refractivity contribution is 7.99. The molecule has 1 amide bonds. The molecule has 0 aliphatic carbocycles. The van der Waals surface area contributed by atoms with Gasteiger partial charge in [-0.05, 0) is 0 Å². The molecule has 2 rings (SSSR count). The molecule has 1 saturated heterocycles. The first-order chi connectivity index (χ1) is 6.75. The van der Waals surface area contributed by atoms with Gasteiger partial charge in [0.2, 0.25) is 5.91 Å². The molecule has 2 heterocycles. The van der Waals surface area contributed by atoms with E-state index in [0.717, 1.165) is 11.6 Å². The number of thiazole rings is 1. The molecule has 1 aromatic rings. The number of hydrogen-bond donors (Lipinski definition) is 2. The summed E-state index contributed by atoms with van der Waals surface area (Å²) >= 11 is 8.66. The Bertz CT molecular complexity index is 341. The first-order valence-corrected chi connectivity index (χ1v) is 6.34. The van der Waals surface area contributed by atoms with Gasteiger partial charge in [0, 0.05) is 11.6 Å². The van der Waals surface area contributed by atoms with E-state index in [1.165, 1.54) is 17.5 Å². The standard InChI is InChI=1S/C7H8ClN3OS2.ClH/c8-5-1-9-7(14-5)11-6(12)4-2-13-3-10-4;/h1,4,10H,2-3H2,(H,9,11,12);1H/t4-;/m1./s1. The zero-order chi connectivity index (χ0) is 9.97. The normalized spacial score (nSPS) is 19.7. The molecule has 15 heavy (non-hydrogen) atoms. The van der Waals surface area contributed by atoms with Crippen LogP contribution in [-0.4, -0.2) is 28.6 Å². The van der Waals surface area contributed by atoms with Crippen LogP contribution in [0.15, 0.2) is 6.20 Å². The number of amides is 1. The fraction of sp³-hybridized carbons (Fsp3) is 0.429. The Balaban J connectivity index is 0.00000112. The lowest BCUT2D eigenvalue weighted by molar-refractivity contribution is -0.117. The average Bonchev–Trinajstić information content (AvgIpc) is 2.75. The van der Waals surface area contributed by atoms with E-state index in [-0.39, 0.29) is 24.4 Å². The number of anilines is 1. The molecule has 1 fully saturated rings. The lowest BCUT2D eigenvalue weighted by Gasteiger charge is -2.07. The summed E-state index contributed by atoms with van der Waals surface area (Å²) < 4.78 is 0.578. The van der Waals surface area contributed by atoms with Crippen molar-refractivity contribution >= 4 is 58.1 Å². The van der Waals surface area contributed by atoms with Gasteiger partial charge in [0.25, 0.3) is 0 Å². The smallest absolute Gasteiger partial charge is 0.244 e. The van der Waals surface area contributed by atoms with Crippen molar-refractivity contribution in [3.63, 3.8) is 0 Å². The molecule has 2 N–H and O–H groups in total. The quantitative estimate of drug-likeness (QED) is 0.870. The highest BCUT2D eigenvalue weighted by Gasteiger charge is 2.22. The third kappa shape index (κ3) is 3.49. The maximum Gasteiger partial charge on any atom is 0.244 e. The van der Waals surface area contributed by atoms with Gasteiger partial charge in [0.1, 0.15) is 4.34 Å². The van der Waals surface area contributed by atoms with Crippen molar-refractivity contribution in [1.82, 2.24) is 10.3 Å². The monoisotopic (exact) mass is 285 g/mol. The van der Waals surface area contributed by atoms with E-state index in [2.05, 4.69) is 15.6 Å². The maximum atomic E-state index is 11.6. The first-order valence-electron chi connectivity index (χ1n) is 3.99. The number of rotatable bonds is 2. The Morgan fingerprint density at radius 3 is 3.07 bits per heavy atom. The molecule has 0 spiro atoms. The van der Waals surface area contributed by atoms with Gasteiger partial charge in [-0.25, -0.2) is 4.98 Å². The van der Waals surface area contributed by atoms with Crippen molar-refractivity contribution in [2.24, 2.45) is 0 Å². The number of nitrogens with zero attached hydrogens (tertiary/aromatic N) is 1. The van der Waals surface area contributed by atoms with E-state index >= 15 is 0 Å². The number of halogens is 2. The number of aromatic nitrogens is 1. The first kappa shape index (κ1) is 13.1. The molecule has 84 valence electrons. The molecule has 1 aliphatic rings. The maximum absolute atomic E-state index is 11.6. The van der Waals surface area contributed by atoms with Crippen LogP contribution >= 0.6 is 47.1 Å². The predicted octanol–water partition coefficient (Wildman–Crippen LogP) is 1.82. The molecule has 0 aromatic carbocycles. The van der Waals surface area contributed by atoms with Gasteiger partial charge in [0.05, 0.1) is 12.2 Å². The van der Waals surface area contributed by atoms with Crippen molar-refractivity contribution in [3.05, 3.63) is 10.5 Å². The average molecular weight is 286 g/mol. The van der Waals surface area contributed by atoms with Crippen LogP contribution in [0.2, 0.25) is 4.34 Å². The topological polar surface area (TPSA) is 54.0 Å². The van der Waals surface area contributed by atoms with E-state index < -0.39 is 0 Å². The van der Waals surface area contributed by atoms with Crippen LogP contribution in [0.1, 0.15) is 0 Å². The number of carbonyl (C=O) groups is 1. The third-order valence-electron chi connectivity index (χ3n) is 1.74. The molecule has 1 atom stereocenters. The van der Waals surface area contributed by atoms with Crippen LogP contribution in [-0.2, 0) is 4.79 Å². The summed E-state index contributed by atoms with van der Waals surface area (Å²) in [5.41, 5.74) is 0. The SMILES string of the molecule is Cl.O=C(Nc1ncc(Cl)s1)[C@H]1CSCN1. The Morgan fingerprint density at radius 2 is 2.53 bits per heavy atom. The van der Waals surface area contributed by atoms with Crippen molar-refractivity contribution in [3.8, 4) is 0 Å². The second-order valence-corrected chi connectivity index (χ2v) is 5.42. The van der Waals surface area contributed by atoms with Crippen LogP contribution in [0.5, 0.6) is 0 Å². The second kappa shape index (κ2) is 5.91. The number of thioether (sulfide) groups is 1. The molecule has 0 bridgehead atoms. The van der Waals surface area contributed by atoms with Gasteiger partial charge in [0.15, 0.2) is 5.13 Å². The van der Waals surface area contributed by atoms with Crippen molar-refractivity contribution in [2.75, 3.05) is 16.9 Å². The van der Waals surface area contributed by atoms with Gasteiger partial charge in [-0.2, -0.15) is 0 Å². The minimum Gasteiger partial charge on any atom is -0.301 e. The zero-order valence-corrected chi connectivity index (χ0v) is 10.7. The largest absolute Gasteiger partial charge is 0.301 e. The fourth-order valence-corrected chi connectivity index (χ4v) is 2.83. The van der Waals surface area contributed by atoms with Crippen LogP contribution in [0.3, 0.4) is 0 Å². The van der Waals surface area contributed by atoms with Gasteiger partial charge < -0.3 is 5.32 Å². The molecule has 1 aliphatic heterocycles. The van der Waals surface area contributed by atoms with E-state index in [4.69, 9.17) is 11.6 Å². The van der Waals surface area contributed by atoms with Gasteiger partial charge in [-0.1, -0.05) is 22.9 Å². The Kier molecular flexibility index (Phi) is 5.14. The van der Waals surface area contributed by atoms with E-state index in [1.54, 1.807) is 11.8 Å². The van der Waals surface area contributed by atoms with E-state index in [1.807, 2.05) is 0 Å². The molecular formula is C7H9Cl2N3OS2. The number of nitrogens with one attached hydrogen (secondary N) is 2. The summed E-state index contributed by atoms with van der Waals surface area (Å²) in [4.78, 5) is 15.5. The molecule has 8 heteroatoms. The Morgan fingerprint density at radius 1 is 1.73 bits per heavy atom. The Hall–Kier alpha value is -0.0100. The molecule has 0 unspecified atom stereocenters. The minimum atomic E-state index is -0.109. The molecular weight excluding hydrogens is 277 g/mol. The summed E-state index contributed by atoms with van der Waals surface area (Å²) in [6.07, 6.45) is 1.53. The number of carbonyl (C=O) groups excluding carboxylic acids is 1. The highest BCUT2D eigenvalue weighted by atomic mass is 35.5. The van der Waals surface area contributed by atoms with Crippen molar-refractivity contribution in [2.45, 2.75) is 6.04 Å². The van der Waals surface area contributed by atoms with E-state index in [0.29, 0.717) is 9.47 Å². The summed E-state index contributed by atoms with van der Waals surface area (Å²) in [5.74, 6) is 1.60. The highest BCUT2D eigenvalue weighted by Crippen LogP contribution is 2.23. The summed E-state index contributed by atoms with van der Waals surface area (Å²) in [6, 6.07) is -0.109. The van der Waals surface area contributed by atoms with Crippen LogP contribution in [0, 0.1) is 0 Å². The number of hydrogen-bond acceptors (Lipinski definition) is 5. The van der Waals surface area contributed by atoms with Crippen LogP contribution in [0.25, 0.3) is 0 Å². The van der Waals surface area contributed by atoms with Crippen LogP contribution < -0.4 is 10.6 Å². The zero-order valence-electron chi connectivity index (χ0n) is 7.53. The second-order valence-electron chi connectivity index (χ2n) is 2.73. The third-order valence-corrected chi connectivity index (χ3v) is 3.71. The lowest BCUT2D eigenvalue weighted by atomic mass is 10.3. The summed E-state index contributed by atoms with van der Waals surface area (Å²) in [7, 11) is 0. The summed E-state index contributed by atoms with van der Waals surface area (Å²) in [5, 5.41) is 6.35. The minimum absolute atomic E-state index is 0. The molecule has 0 saturated carbocycles. The molecule has 4 nitrogen and oxygen atoms in total. The fourth-order valence-electron chi connectivity index (χ4n) is 1.07. The predicted molar refractivity (Wildman–Crippen MR) is 67.3 cm³/mol. The van der Waals surface area contributed by atoms with Gasteiger partial charge in [-0.3, -0.25) is 10.1 Å². The van der Waals surface area contributed by atoms with E-state index in [9.17, 15) is 4.79 Å². The molecule has 0 radical (unpaired) electrons. The van der Waals surface area contributed by atoms with Crippen molar-refractivity contribution in [1.29, 1.82) is 0 Å². The van der Waals surface area contributed by atoms with Crippen LogP contribution in [0.4, 0.5) is 5.13 Å². The van der Waals surface area contributed by atoms with Crippen molar-refractivity contribution < 1.29 is 4.79 Å². The molecule has 1 aromatic heterocycles. The Labute approximate surface area is 107 Å². The van der Waals surface area contributed by atoms with Gasteiger partial charge in [-0.15, -0.1) is 24.2 Å².